The van der Waals surface area contributed by atoms with E-state index in [1.165, 1.54) is 5.56 Å². The molecule has 1 aliphatic rings. The Kier molecular flexibility index (Phi) is 7.38. The Balaban J connectivity index is 1.48. The van der Waals surface area contributed by atoms with E-state index in [4.69, 9.17) is 0 Å². The molecule has 0 saturated carbocycles. The van der Waals surface area contributed by atoms with E-state index in [1.54, 1.807) is 0 Å². The minimum Gasteiger partial charge on any atom is -0.481 e. The Morgan fingerprint density at radius 3 is 2.09 bits per heavy atom. The van der Waals surface area contributed by atoms with Gasteiger partial charge in [0.15, 0.2) is 0 Å². The first-order chi connectivity index (χ1) is 15.9. The van der Waals surface area contributed by atoms with Crippen LogP contribution in [-0.2, 0) is 28.7 Å². The summed E-state index contributed by atoms with van der Waals surface area (Å²) in [7, 11) is -1.14. The molecule has 6 heteroatoms. The minimum atomic E-state index is -1.14. The zero-order valence-electron chi connectivity index (χ0n) is 19.2. The molecule has 0 bridgehead atoms. The Labute approximate surface area is 198 Å². The van der Waals surface area contributed by atoms with Crippen molar-refractivity contribution in [3.8, 4) is 11.1 Å². The number of aliphatic carboxylic acids is 1. The highest BCUT2D eigenvalue weighted by Crippen LogP contribution is 2.27. The van der Waals surface area contributed by atoms with Gasteiger partial charge in [0, 0.05) is 32.7 Å². The topological polar surface area (TPSA) is 60.9 Å². The quantitative estimate of drug-likeness (QED) is 0.564. The third kappa shape index (κ3) is 5.96. The zero-order chi connectivity index (χ0) is 23.4. The molecule has 1 N–H and O–H groups in total. The van der Waals surface area contributed by atoms with E-state index in [2.05, 4.69) is 36.1 Å². The number of hydrogen-bond acceptors (Lipinski definition) is 3. The van der Waals surface area contributed by atoms with Crippen LogP contribution in [0.2, 0.25) is 0 Å². The maximum absolute atomic E-state index is 13.0. The lowest BCUT2D eigenvalue weighted by Gasteiger charge is -2.34. The maximum atomic E-state index is 13.0. The number of hydrogen-bond donors (Lipinski definition) is 1. The van der Waals surface area contributed by atoms with Gasteiger partial charge in [0.25, 0.3) is 0 Å². The maximum Gasteiger partial charge on any atom is 0.307 e. The highest BCUT2D eigenvalue weighted by molar-refractivity contribution is 7.82. The van der Waals surface area contributed by atoms with E-state index in [1.807, 2.05) is 53.7 Å². The van der Waals surface area contributed by atoms with Crippen molar-refractivity contribution in [2.75, 3.05) is 26.2 Å². The molecule has 33 heavy (non-hydrogen) atoms. The number of carbonyl (C=O) groups is 1. The highest BCUT2D eigenvalue weighted by atomic mass is 32.2. The summed E-state index contributed by atoms with van der Waals surface area (Å²) in [5.74, 6) is -0.823. The smallest absolute Gasteiger partial charge is 0.307 e. The monoisotopic (exact) mass is 462 g/mol. The first-order valence-corrected chi connectivity index (χ1v) is 12.4. The van der Waals surface area contributed by atoms with Crippen LogP contribution in [0.3, 0.4) is 0 Å². The Bertz CT molecular complexity index is 1140. The molecule has 1 atom stereocenters. The molecule has 3 aromatic carbocycles. The summed E-state index contributed by atoms with van der Waals surface area (Å²) in [4.78, 5) is 14.5. The average Bonchev–Trinajstić information content (AvgIpc) is 2.80. The molecule has 0 aromatic heterocycles. The summed E-state index contributed by atoms with van der Waals surface area (Å²) in [5.41, 5.74) is 6.58. The second-order valence-electron chi connectivity index (χ2n) is 8.70. The van der Waals surface area contributed by atoms with Crippen LogP contribution < -0.4 is 0 Å². The molecule has 3 aromatic rings. The van der Waals surface area contributed by atoms with Crippen molar-refractivity contribution in [1.29, 1.82) is 0 Å². The van der Waals surface area contributed by atoms with E-state index in [-0.39, 0.29) is 6.42 Å². The van der Waals surface area contributed by atoms with Crippen LogP contribution in [0.5, 0.6) is 0 Å². The summed E-state index contributed by atoms with van der Waals surface area (Å²) >= 11 is 0. The van der Waals surface area contributed by atoms with Gasteiger partial charge in [0.05, 0.1) is 11.3 Å². The van der Waals surface area contributed by atoms with Crippen LogP contribution in [-0.4, -0.2) is 50.7 Å². The Morgan fingerprint density at radius 1 is 0.879 bits per heavy atom. The summed E-state index contributed by atoms with van der Waals surface area (Å²) < 4.78 is 15.0. The van der Waals surface area contributed by atoms with Crippen LogP contribution in [0.1, 0.15) is 22.3 Å². The van der Waals surface area contributed by atoms with Crippen molar-refractivity contribution in [2.24, 2.45) is 0 Å². The second kappa shape index (κ2) is 10.4. The number of carboxylic acids is 1. The van der Waals surface area contributed by atoms with Crippen molar-refractivity contribution in [1.82, 2.24) is 9.21 Å². The third-order valence-electron chi connectivity index (χ3n) is 6.07. The Hall–Kier alpha value is -2.80. The van der Waals surface area contributed by atoms with Gasteiger partial charge in [-0.05, 0) is 48.2 Å². The zero-order valence-corrected chi connectivity index (χ0v) is 20.0. The van der Waals surface area contributed by atoms with Gasteiger partial charge in [-0.3, -0.25) is 9.69 Å². The fraction of sp³-hybridized carbons (Fsp3) is 0.296. The molecule has 1 fully saturated rings. The largest absolute Gasteiger partial charge is 0.481 e. The van der Waals surface area contributed by atoms with Crippen LogP contribution >= 0.6 is 0 Å². The van der Waals surface area contributed by atoms with E-state index in [9.17, 15) is 14.1 Å². The number of rotatable bonds is 7. The summed E-state index contributed by atoms with van der Waals surface area (Å²) in [5, 5.41) is 9.24. The molecule has 1 saturated heterocycles. The van der Waals surface area contributed by atoms with Gasteiger partial charge in [-0.15, -0.1) is 0 Å². The van der Waals surface area contributed by atoms with Gasteiger partial charge < -0.3 is 5.11 Å². The Morgan fingerprint density at radius 2 is 1.48 bits per heavy atom. The van der Waals surface area contributed by atoms with Crippen LogP contribution in [0, 0.1) is 13.8 Å². The van der Waals surface area contributed by atoms with Gasteiger partial charge in [-0.1, -0.05) is 65.7 Å². The molecule has 172 valence electrons. The van der Waals surface area contributed by atoms with Gasteiger partial charge in [-0.2, -0.15) is 0 Å². The molecular weight excluding hydrogens is 432 g/mol. The standard InChI is InChI=1S/C27H30N2O3S/c1-20-3-8-23(9-4-20)26-12-7-22(18-27(30)31)17-24(26)19-28-13-15-29(16-14-28)33(32)25-10-5-21(2)6-11-25/h3-12,17H,13-16,18-19H2,1-2H3,(H,30,31). The SMILES string of the molecule is Cc1ccc(-c2ccc(CC(=O)O)cc2CN2CCN(S(=O)c3ccc(C)cc3)CC2)cc1. The van der Waals surface area contributed by atoms with Crippen LogP contribution in [0.4, 0.5) is 0 Å². The van der Waals surface area contributed by atoms with Gasteiger partial charge in [0.1, 0.15) is 11.0 Å². The fourth-order valence-corrected chi connectivity index (χ4v) is 5.34. The molecule has 5 nitrogen and oxygen atoms in total. The lowest BCUT2D eigenvalue weighted by atomic mass is 9.95. The number of benzene rings is 3. The normalized spacial score (nSPS) is 15.9. The fourth-order valence-electron chi connectivity index (χ4n) is 4.18. The molecule has 0 radical (unpaired) electrons. The lowest BCUT2D eigenvalue weighted by molar-refractivity contribution is -0.136. The van der Waals surface area contributed by atoms with Crippen molar-refractivity contribution in [2.45, 2.75) is 31.7 Å². The number of carboxylic acid groups (broad SMARTS) is 1. The van der Waals surface area contributed by atoms with E-state index in [0.29, 0.717) is 0 Å². The van der Waals surface area contributed by atoms with E-state index in [0.717, 1.165) is 65.4 Å². The number of aryl methyl sites for hydroxylation is 2. The van der Waals surface area contributed by atoms with Gasteiger partial charge in [0.2, 0.25) is 0 Å². The van der Waals surface area contributed by atoms with Crippen molar-refractivity contribution in [3.05, 3.63) is 89.0 Å². The first-order valence-electron chi connectivity index (χ1n) is 11.3. The molecule has 1 heterocycles. The summed E-state index contributed by atoms with van der Waals surface area (Å²) in [6.45, 7) is 7.93. The minimum absolute atomic E-state index is 0.0183. The van der Waals surface area contributed by atoms with E-state index >= 15 is 0 Å². The van der Waals surface area contributed by atoms with Gasteiger partial charge >= 0.3 is 5.97 Å². The predicted molar refractivity (Wildman–Crippen MR) is 132 cm³/mol. The van der Waals surface area contributed by atoms with Crippen molar-refractivity contribution in [3.63, 3.8) is 0 Å². The third-order valence-corrected chi connectivity index (χ3v) is 7.58. The summed E-state index contributed by atoms with van der Waals surface area (Å²) in [6, 6.07) is 22.3. The second-order valence-corrected chi connectivity index (χ2v) is 10.2. The predicted octanol–water partition coefficient (Wildman–Crippen LogP) is 4.44. The van der Waals surface area contributed by atoms with Crippen LogP contribution in [0.25, 0.3) is 11.1 Å². The summed E-state index contributed by atoms with van der Waals surface area (Å²) in [6.07, 6.45) is 0.0183. The molecule has 1 aliphatic heterocycles. The average molecular weight is 463 g/mol. The lowest BCUT2D eigenvalue weighted by Crippen LogP contribution is -2.46. The first kappa shape index (κ1) is 23.4. The number of piperazine rings is 1. The molecule has 4 rings (SSSR count). The van der Waals surface area contributed by atoms with E-state index < -0.39 is 17.0 Å². The molecular formula is C27H30N2O3S. The van der Waals surface area contributed by atoms with Gasteiger partial charge in [-0.25, -0.2) is 8.51 Å². The van der Waals surface area contributed by atoms with Crippen molar-refractivity contribution < 1.29 is 14.1 Å². The molecule has 0 aliphatic carbocycles. The molecule has 1 unspecified atom stereocenters. The highest BCUT2D eigenvalue weighted by Gasteiger charge is 2.23. The molecule has 0 spiro atoms. The van der Waals surface area contributed by atoms with Crippen molar-refractivity contribution >= 4 is 17.0 Å². The molecule has 0 amide bonds. The number of nitrogens with zero attached hydrogens (tertiary/aromatic N) is 2. The van der Waals surface area contributed by atoms with Crippen LogP contribution in [0.15, 0.2) is 71.6 Å².